The molecule has 0 bridgehead atoms. The Kier molecular flexibility index (Phi) is 5.52. The molecule has 0 atom stereocenters. The molecule has 0 saturated heterocycles. The number of halogens is 1. The third-order valence-electron chi connectivity index (χ3n) is 4.36. The molecule has 1 heterocycles. The maximum absolute atomic E-state index is 5.94. The molecule has 3 heteroatoms. The fourth-order valence-corrected chi connectivity index (χ4v) is 3.14. The summed E-state index contributed by atoms with van der Waals surface area (Å²) in [6, 6.07) is 20.8. The zero-order valence-corrected chi connectivity index (χ0v) is 14.7. The van der Waals surface area contributed by atoms with Crippen LogP contribution in [-0.2, 0) is 13.0 Å². The summed E-state index contributed by atoms with van der Waals surface area (Å²) < 4.78 is 5.94. The van der Waals surface area contributed by atoms with Crippen LogP contribution in [0, 0.1) is 0 Å². The Bertz CT molecular complexity index is 860. The molecule has 4 rings (SSSR count). The molecule has 0 aliphatic heterocycles. The number of aryl methyl sites for hydroxylation is 1. The average Bonchev–Trinajstić information content (AvgIpc) is 3.04. The van der Waals surface area contributed by atoms with Gasteiger partial charge in [-0.1, -0.05) is 42.5 Å². The van der Waals surface area contributed by atoms with Crippen molar-refractivity contribution in [3.63, 3.8) is 0 Å². The number of hydrogen-bond donors (Lipinski definition) is 0. The lowest BCUT2D eigenvalue weighted by molar-refractivity contribution is 0.306. The summed E-state index contributed by atoms with van der Waals surface area (Å²) in [5.74, 6) is 0.945. The fraction of sp³-hybridized carbons (Fsp3) is 0.136. The van der Waals surface area contributed by atoms with E-state index in [-0.39, 0.29) is 12.4 Å². The number of pyridine rings is 1. The third kappa shape index (κ3) is 4.09. The normalized spacial score (nSPS) is 14.0. The van der Waals surface area contributed by atoms with Gasteiger partial charge in [-0.2, -0.15) is 0 Å². The van der Waals surface area contributed by atoms with Gasteiger partial charge in [0, 0.05) is 12.4 Å². The first-order valence-electron chi connectivity index (χ1n) is 8.29. The summed E-state index contributed by atoms with van der Waals surface area (Å²) in [5, 5.41) is 0. The van der Waals surface area contributed by atoms with Crippen LogP contribution in [-0.4, -0.2) is 4.98 Å². The van der Waals surface area contributed by atoms with Crippen molar-refractivity contribution in [3.05, 3.63) is 95.3 Å². The zero-order valence-electron chi connectivity index (χ0n) is 13.9. The molecule has 1 aliphatic rings. The van der Waals surface area contributed by atoms with Crippen LogP contribution in [0.15, 0.2) is 73.1 Å². The molecule has 0 unspecified atom stereocenters. The molecule has 0 radical (unpaired) electrons. The van der Waals surface area contributed by atoms with Gasteiger partial charge >= 0.3 is 0 Å². The first kappa shape index (κ1) is 17.2. The van der Waals surface area contributed by atoms with E-state index in [1.54, 1.807) is 6.20 Å². The summed E-state index contributed by atoms with van der Waals surface area (Å²) in [5.41, 5.74) is 6.44. The van der Waals surface area contributed by atoms with Gasteiger partial charge in [-0.3, -0.25) is 4.98 Å². The minimum atomic E-state index is 0. The van der Waals surface area contributed by atoms with E-state index >= 15 is 0 Å². The van der Waals surface area contributed by atoms with Crippen LogP contribution >= 0.6 is 12.4 Å². The highest BCUT2D eigenvalue weighted by Crippen LogP contribution is 2.35. The van der Waals surface area contributed by atoms with Crippen LogP contribution in [0.3, 0.4) is 0 Å². The second-order valence-electron chi connectivity index (χ2n) is 6.05. The van der Waals surface area contributed by atoms with Crippen LogP contribution in [0.4, 0.5) is 0 Å². The highest BCUT2D eigenvalue weighted by atomic mass is 35.5. The predicted molar refractivity (Wildman–Crippen MR) is 105 cm³/mol. The molecule has 2 aromatic carbocycles. The van der Waals surface area contributed by atoms with Crippen molar-refractivity contribution >= 4 is 24.1 Å². The second kappa shape index (κ2) is 8.00. The first-order chi connectivity index (χ1) is 11.9. The molecule has 3 aromatic rings. The standard InChI is InChI=1S/C22H19NO.ClH/c1-2-5-17(6-3-1)16-24-21-10-11-22-19(8-9-20(22)14-21)13-18-7-4-12-23-15-18;/h1-7,10-15H,8-9,16H2;1H/b19-13+;. The van der Waals surface area contributed by atoms with Gasteiger partial charge in [-0.25, -0.2) is 0 Å². The fourth-order valence-electron chi connectivity index (χ4n) is 3.14. The Balaban J connectivity index is 0.00000182. The number of nitrogens with zero attached hydrogens (tertiary/aromatic N) is 1. The topological polar surface area (TPSA) is 22.1 Å². The van der Waals surface area contributed by atoms with Crippen LogP contribution in [0.1, 0.15) is 28.7 Å². The van der Waals surface area contributed by atoms with E-state index in [1.165, 1.54) is 22.3 Å². The van der Waals surface area contributed by atoms with E-state index < -0.39 is 0 Å². The number of allylic oxidation sites excluding steroid dienone is 1. The average molecular weight is 350 g/mol. The van der Waals surface area contributed by atoms with Crippen LogP contribution < -0.4 is 4.74 Å². The molecule has 1 aliphatic carbocycles. The van der Waals surface area contributed by atoms with E-state index in [1.807, 2.05) is 30.5 Å². The summed E-state index contributed by atoms with van der Waals surface area (Å²) in [6.45, 7) is 0.609. The number of ether oxygens (including phenoxy) is 1. The van der Waals surface area contributed by atoms with Crippen molar-refractivity contribution in [1.82, 2.24) is 4.98 Å². The molecule has 0 spiro atoms. The van der Waals surface area contributed by atoms with Gasteiger partial charge in [-0.15, -0.1) is 12.4 Å². The van der Waals surface area contributed by atoms with Crippen molar-refractivity contribution in [2.75, 3.05) is 0 Å². The van der Waals surface area contributed by atoms with Crippen molar-refractivity contribution in [3.8, 4) is 5.75 Å². The molecule has 0 fully saturated rings. The van der Waals surface area contributed by atoms with Crippen molar-refractivity contribution < 1.29 is 4.74 Å². The molecule has 25 heavy (non-hydrogen) atoms. The van der Waals surface area contributed by atoms with Crippen molar-refractivity contribution in [2.45, 2.75) is 19.4 Å². The lowest BCUT2D eigenvalue weighted by Crippen LogP contribution is -1.95. The molecule has 1 aromatic heterocycles. The Morgan fingerprint density at radius 1 is 0.960 bits per heavy atom. The zero-order chi connectivity index (χ0) is 16.2. The highest BCUT2D eigenvalue weighted by Gasteiger charge is 2.16. The minimum Gasteiger partial charge on any atom is -0.489 e. The van der Waals surface area contributed by atoms with E-state index in [2.05, 4.69) is 47.5 Å². The minimum absolute atomic E-state index is 0. The molecule has 126 valence electrons. The molecule has 2 nitrogen and oxygen atoms in total. The van der Waals surface area contributed by atoms with Gasteiger partial charge in [0.05, 0.1) is 0 Å². The van der Waals surface area contributed by atoms with E-state index in [4.69, 9.17) is 4.74 Å². The van der Waals surface area contributed by atoms with E-state index in [0.717, 1.165) is 24.2 Å². The number of hydrogen-bond acceptors (Lipinski definition) is 2. The summed E-state index contributed by atoms with van der Waals surface area (Å²) in [4.78, 5) is 4.19. The van der Waals surface area contributed by atoms with Gasteiger partial charge in [0.1, 0.15) is 12.4 Å². The number of benzene rings is 2. The Morgan fingerprint density at radius 3 is 2.64 bits per heavy atom. The van der Waals surface area contributed by atoms with Crippen molar-refractivity contribution in [2.24, 2.45) is 0 Å². The SMILES string of the molecule is C(=C1/CCc2cc(OCc3ccccc3)ccc21)/c1cccnc1.Cl. The van der Waals surface area contributed by atoms with Crippen LogP contribution in [0.5, 0.6) is 5.75 Å². The van der Waals surface area contributed by atoms with Gasteiger partial charge < -0.3 is 4.74 Å². The maximum atomic E-state index is 5.94. The van der Waals surface area contributed by atoms with Gasteiger partial charge in [-0.05, 0) is 64.9 Å². The lowest BCUT2D eigenvalue weighted by Gasteiger charge is -2.08. The van der Waals surface area contributed by atoms with Crippen LogP contribution in [0.25, 0.3) is 11.6 Å². The van der Waals surface area contributed by atoms with Crippen molar-refractivity contribution in [1.29, 1.82) is 0 Å². The molecular weight excluding hydrogens is 330 g/mol. The predicted octanol–water partition coefficient (Wildman–Crippen LogP) is 5.57. The summed E-state index contributed by atoms with van der Waals surface area (Å²) in [7, 11) is 0. The first-order valence-corrected chi connectivity index (χ1v) is 8.29. The van der Waals surface area contributed by atoms with E-state index in [0.29, 0.717) is 6.61 Å². The smallest absolute Gasteiger partial charge is 0.120 e. The summed E-state index contributed by atoms with van der Waals surface area (Å²) in [6.07, 6.45) is 8.10. The number of rotatable bonds is 4. The van der Waals surface area contributed by atoms with Crippen LogP contribution in [0.2, 0.25) is 0 Å². The largest absolute Gasteiger partial charge is 0.489 e. The Labute approximate surface area is 154 Å². The van der Waals surface area contributed by atoms with Gasteiger partial charge in [0.25, 0.3) is 0 Å². The second-order valence-corrected chi connectivity index (χ2v) is 6.05. The van der Waals surface area contributed by atoms with Gasteiger partial charge in [0.15, 0.2) is 0 Å². The molecule has 0 N–H and O–H groups in total. The Hall–Kier alpha value is -2.58. The van der Waals surface area contributed by atoms with E-state index in [9.17, 15) is 0 Å². The maximum Gasteiger partial charge on any atom is 0.120 e. The Morgan fingerprint density at radius 2 is 1.84 bits per heavy atom. The lowest BCUT2D eigenvalue weighted by atomic mass is 10.0. The molecule has 0 amide bonds. The molecular formula is C22H20ClNO. The third-order valence-corrected chi connectivity index (χ3v) is 4.36. The summed E-state index contributed by atoms with van der Waals surface area (Å²) >= 11 is 0. The number of aromatic nitrogens is 1. The molecule has 0 saturated carbocycles. The van der Waals surface area contributed by atoms with Gasteiger partial charge in [0.2, 0.25) is 0 Å². The highest BCUT2D eigenvalue weighted by molar-refractivity contribution is 5.85. The number of fused-ring (bicyclic) bond motifs is 1. The quantitative estimate of drug-likeness (QED) is 0.614. The monoisotopic (exact) mass is 349 g/mol.